The molecule has 1 aliphatic heterocycles. The number of aliphatic hydroxyl groups excluding tert-OH is 1. The summed E-state index contributed by atoms with van der Waals surface area (Å²) >= 11 is 6.06. The Labute approximate surface area is 188 Å². The first-order valence-electron chi connectivity index (χ1n) is 9.69. The van der Waals surface area contributed by atoms with Crippen LogP contribution in [0.15, 0.2) is 72.4 Å². The summed E-state index contributed by atoms with van der Waals surface area (Å²) in [6.07, 6.45) is 1.56. The van der Waals surface area contributed by atoms with Gasteiger partial charge in [-0.1, -0.05) is 35.9 Å². The maximum atomic E-state index is 14.8. The van der Waals surface area contributed by atoms with Crippen molar-refractivity contribution in [3.05, 3.63) is 100 Å². The van der Waals surface area contributed by atoms with Crippen LogP contribution in [0.4, 0.5) is 4.39 Å². The summed E-state index contributed by atoms with van der Waals surface area (Å²) in [5.74, 6) is -2.55. The molecule has 2 heterocycles. The van der Waals surface area contributed by atoms with Gasteiger partial charge in [0.2, 0.25) is 0 Å². The van der Waals surface area contributed by atoms with Gasteiger partial charge in [-0.25, -0.2) is 4.39 Å². The Bertz CT molecular complexity index is 1230. The lowest BCUT2D eigenvalue weighted by Gasteiger charge is -2.25. The summed E-state index contributed by atoms with van der Waals surface area (Å²) in [5.41, 5.74) is 0.595. The first-order chi connectivity index (χ1) is 15.4. The SMILES string of the molecule is COc1cc(/C(O)=C2\C(=O)C(=O)N(Cc3ccccn3)C2c2ccccc2F)ccc1Cl. The molecule has 162 valence electrons. The van der Waals surface area contributed by atoms with Gasteiger partial charge in [-0.05, 0) is 36.4 Å². The topological polar surface area (TPSA) is 79.7 Å². The van der Waals surface area contributed by atoms with Gasteiger partial charge in [0.15, 0.2) is 0 Å². The molecule has 2 aromatic carbocycles. The maximum absolute atomic E-state index is 14.8. The molecule has 1 atom stereocenters. The molecule has 1 aromatic heterocycles. The fourth-order valence-electron chi connectivity index (χ4n) is 3.69. The number of ether oxygens (including phenoxy) is 1. The molecule has 1 N–H and O–H groups in total. The van der Waals surface area contributed by atoms with E-state index in [4.69, 9.17) is 16.3 Å². The molecule has 8 heteroatoms. The van der Waals surface area contributed by atoms with Gasteiger partial charge < -0.3 is 14.7 Å². The lowest BCUT2D eigenvalue weighted by atomic mass is 9.95. The molecule has 32 heavy (non-hydrogen) atoms. The number of halogens is 2. The van der Waals surface area contributed by atoms with Crippen molar-refractivity contribution in [3.8, 4) is 5.75 Å². The number of Topliss-reactive ketones (excluding diaryl/α,β-unsaturated/α-hetero) is 1. The van der Waals surface area contributed by atoms with E-state index in [1.54, 1.807) is 30.5 Å². The van der Waals surface area contributed by atoms with E-state index in [-0.39, 0.29) is 29.0 Å². The zero-order chi connectivity index (χ0) is 22.8. The summed E-state index contributed by atoms with van der Waals surface area (Å²) < 4.78 is 20.0. The third kappa shape index (κ3) is 3.83. The van der Waals surface area contributed by atoms with E-state index in [2.05, 4.69) is 4.98 Å². The summed E-state index contributed by atoms with van der Waals surface area (Å²) in [7, 11) is 1.41. The average Bonchev–Trinajstić information content (AvgIpc) is 3.05. The average molecular weight is 453 g/mol. The lowest BCUT2D eigenvalue weighted by molar-refractivity contribution is -0.140. The number of nitrogens with zero attached hydrogens (tertiary/aromatic N) is 2. The summed E-state index contributed by atoms with van der Waals surface area (Å²) in [5, 5.41) is 11.4. The van der Waals surface area contributed by atoms with E-state index in [1.165, 1.54) is 48.4 Å². The highest BCUT2D eigenvalue weighted by atomic mass is 35.5. The molecule has 0 bridgehead atoms. The van der Waals surface area contributed by atoms with Crippen molar-refractivity contribution in [1.29, 1.82) is 0 Å². The highest BCUT2D eigenvalue weighted by Crippen LogP contribution is 2.41. The fraction of sp³-hybridized carbons (Fsp3) is 0.125. The van der Waals surface area contributed by atoms with Crippen LogP contribution < -0.4 is 4.74 Å². The molecule has 0 saturated carbocycles. The van der Waals surface area contributed by atoms with Crippen molar-refractivity contribution < 1.29 is 23.8 Å². The number of pyridine rings is 1. The number of rotatable bonds is 5. The molecule has 3 aromatic rings. The van der Waals surface area contributed by atoms with Crippen LogP contribution in [0.25, 0.3) is 5.76 Å². The second-order valence-corrected chi connectivity index (χ2v) is 7.53. The molecule has 0 aliphatic carbocycles. The zero-order valence-corrected chi connectivity index (χ0v) is 17.7. The lowest BCUT2D eigenvalue weighted by Crippen LogP contribution is -2.30. The van der Waals surface area contributed by atoms with Gasteiger partial charge in [-0.3, -0.25) is 14.6 Å². The number of carbonyl (C=O) groups excluding carboxylic acids is 2. The normalized spacial score (nSPS) is 17.6. The Hall–Kier alpha value is -3.71. The van der Waals surface area contributed by atoms with E-state index in [9.17, 15) is 19.1 Å². The van der Waals surface area contributed by atoms with Gasteiger partial charge in [0.25, 0.3) is 11.7 Å². The molecular formula is C24H18ClFN2O4. The minimum absolute atomic E-state index is 0.0366. The summed E-state index contributed by atoms with van der Waals surface area (Å²) in [6.45, 7) is -0.0366. The monoisotopic (exact) mass is 452 g/mol. The van der Waals surface area contributed by atoms with Gasteiger partial charge in [0.1, 0.15) is 17.3 Å². The number of aromatic nitrogens is 1. The molecule has 0 spiro atoms. The van der Waals surface area contributed by atoms with Crippen LogP contribution in [0.1, 0.15) is 22.9 Å². The number of ketones is 1. The van der Waals surface area contributed by atoms with Crippen molar-refractivity contribution in [2.24, 2.45) is 0 Å². The van der Waals surface area contributed by atoms with Crippen LogP contribution in [0.2, 0.25) is 5.02 Å². The molecule has 0 radical (unpaired) electrons. The first-order valence-corrected chi connectivity index (χ1v) is 10.1. The van der Waals surface area contributed by atoms with Crippen LogP contribution in [0.3, 0.4) is 0 Å². The van der Waals surface area contributed by atoms with Crippen LogP contribution in [0.5, 0.6) is 5.75 Å². The van der Waals surface area contributed by atoms with E-state index < -0.39 is 29.3 Å². The van der Waals surface area contributed by atoms with E-state index >= 15 is 0 Å². The smallest absolute Gasteiger partial charge is 0.296 e. The molecule has 6 nitrogen and oxygen atoms in total. The zero-order valence-electron chi connectivity index (χ0n) is 17.0. The number of methoxy groups -OCH3 is 1. The maximum Gasteiger partial charge on any atom is 0.296 e. The predicted octanol–water partition coefficient (Wildman–Crippen LogP) is 4.50. The second-order valence-electron chi connectivity index (χ2n) is 7.12. The third-order valence-electron chi connectivity index (χ3n) is 5.22. The Morgan fingerprint density at radius 3 is 2.59 bits per heavy atom. The van der Waals surface area contributed by atoms with Crippen LogP contribution >= 0.6 is 11.6 Å². The van der Waals surface area contributed by atoms with Gasteiger partial charge in [0.05, 0.1) is 36.0 Å². The van der Waals surface area contributed by atoms with Crippen molar-refractivity contribution in [2.75, 3.05) is 7.11 Å². The molecule has 1 fully saturated rings. The second kappa shape index (κ2) is 8.80. The quantitative estimate of drug-likeness (QED) is 0.350. The molecule has 1 saturated heterocycles. The number of aliphatic hydroxyl groups is 1. The number of hydrogen-bond donors (Lipinski definition) is 1. The highest BCUT2D eigenvalue weighted by molar-refractivity contribution is 6.46. The Morgan fingerprint density at radius 2 is 1.91 bits per heavy atom. The van der Waals surface area contributed by atoms with Gasteiger partial charge >= 0.3 is 0 Å². The summed E-state index contributed by atoms with van der Waals surface area (Å²) in [6, 6.07) is 14.3. The molecule has 1 amide bonds. The molecule has 1 aliphatic rings. The van der Waals surface area contributed by atoms with Crippen molar-refractivity contribution in [2.45, 2.75) is 12.6 Å². The number of hydrogen-bond acceptors (Lipinski definition) is 5. The minimum atomic E-state index is -1.14. The fourth-order valence-corrected chi connectivity index (χ4v) is 3.89. The predicted molar refractivity (Wildman–Crippen MR) is 116 cm³/mol. The first kappa shape index (κ1) is 21.5. The van der Waals surface area contributed by atoms with Crippen LogP contribution in [0, 0.1) is 5.82 Å². The number of amides is 1. The van der Waals surface area contributed by atoms with Crippen LogP contribution in [-0.2, 0) is 16.1 Å². The molecule has 4 rings (SSSR count). The van der Waals surface area contributed by atoms with Gasteiger partial charge in [0, 0.05) is 17.3 Å². The molecule has 1 unspecified atom stereocenters. The highest BCUT2D eigenvalue weighted by Gasteiger charge is 2.47. The summed E-state index contributed by atoms with van der Waals surface area (Å²) in [4.78, 5) is 31.4. The van der Waals surface area contributed by atoms with E-state index in [1.807, 2.05) is 0 Å². The van der Waals surface area contributed by atoms with E-state index in [0.717, 1.165) is 0 Å². The van der Waals surface area contributed by atoms with Crippen LogP contribution in [-0.4, -0.2) is 33.8 Å². The van der Waals surface area contributed by atoms with Crippen molar-refractivity contribution in [3.63, 3.8) is 0 Å². The van der Waals surface area contributed by atoms with Gasteiger partial charge in [-0.2, -0.15) is 0 Å². The molecular weight excluding hydrogens is 435 g/mol. The Kier molecular flexibility index (Phi) is 5.92. The van der Waals surface area contributed by atoms with E-state index in [0.29, 0.717) is 10.7 Å². The van der Waals surface area contributed by atoms with Crippen molar-refractivity contribution >= 4 is 29.1 Å². The largest absolute Gasteiger partial charge is 0.507 e. The number of likely N-dealkylation sites (tertiary alicyclic amines) is 1. The number of carbonyl (C=O) groups is 2. The van der Waals surface area contributed by atoms with Gasteiger partial charge in [-0.15, -0.1) is 0 Å². The Morgan fingerprint density at radius 1 is 1.16 bits per heavy atom. The standard InChI is InChI=1S/C24H18ClFN2O4/c1-32-19-12-14(9-10-17(19)25)22(29)20-21(16-7-2-3-8-18(16)26)28(24(31)23(20)30)13-15-6-4-5-11-27-15/h2-12,21,29H,13H2,1H3/b22-20+. The number of benzene rings is 2. The minimum Gasteiger partial charge on any atom is -0.507 e. The third-order valence-corrected chi connectivity index (χ3v) is 5.54. The Balaban J connectivity index is 1.90. The van der Waals surface area contributed by atoms with Crippen molar-refractivity contribution in [1.82, 2.24) is 9.88 Å².